The summed E-state index contributed by atoms with van der Waals surface area (Å²) < 4.78 is 5.44. The van der Waals surface area contributed by atoms with Crippen LogP contribution in [0.15, 0.2) is 42.5 Å². The zero-order valence-electron chi connectivity index (χ0n) is 27.2. The summed E-state index contributed by atoms with van der Waals surface area (Å²) in [5.74, 6) is -1.11. The van der Waals surface area contributed by atoms with Crippen molar-refractivity contribution in [2.24, 2.45) is 11.7 Å². The number of hydrogen-bond acceptors (Lipinski definition) is 5. The van der Waals surface area contributed by atoms with Crippen LogP contribution in [0.25, 0.3) is 0 Å². The second kappa shape index (κ2) is 15.5. The summed E-state index contributed by atoms with van der Waals surface area (Å²) in [7, 11) is 0. The van der Waals surface area contributed by atoms with Gasteiger partial charge in [-0.2, -0.15) is 0 Å². The fourth-order valence-corrected chi connectivity index (χ4v) is 4.77. The number of amides is 4. The van der Waals surface area contributed by atoms with Gasteiger partial charge in [0.05, 0.1) is 0 Å². The van der Waals surface area contributed by atoms with Gasteiger partial charge in [0.1, 0.15) is 17.7 Å². The minimum absolute atomic E-state index is 0.0418. The lowest BCUT2D eigenvalue weighted by Gasteiger charge is -2.39. The quantitative estimate of drug-likeness (QED) is 0.258. The number of aryl methyl sites for hydroxylation is 3. The highest BCUT2D eigenvalue weighted by Gasteiger charge is 2.39. The van der Waals surface area contributed by atoms with Crippen molar-refractivity contribution in [3.63, 3.8) is 0 Å². The first-order valence-corrected chi connectivity index (χ1v) is 15.0. The number of anilines is 1. The van der Waals surface area contributed by atoms with Gasteiger partial charge in [0.25, 0.3) is 5.91 Å². The van der Waals surface area contributed by atoms with E-state index in [4.69, 9.17) is 10.5 Å². The molecule has 0 spiro atoms. The van der Waals surface area contributed by atoms with Crippen LogP contribution in [-0.4, -0.2) is 46.4 Å². The third kappa shape index (κ3) is 11.0. The molecule has 9 nitrogen and oxygen atoms in total. The topological polar surface area (TPSA) is 131 Å². The predicted molar refractivity (Wildman–Crippen MR) is 170 cm³/mol. The molecule has 0 aliphatic rings. The number of para-hydroxylation sites is 1. The SMILES string of the molecule is Cc1ccc(C(C(=O)Nc2ccccc2C)N(C(=O)C(CCC(N)=O)NC(=O)OC(C)(C)C)C(C)CCC(C)C)cc1C. The second-order valence-electron chi connectivity index (χ2n) is 12.8. The molecule has 0 radical (unpaired) electrons. The van der Waals surface area contributed by atoms with Crippen molar-refractivity contribution in [3.05, 3.63) is 64.7 Å². The van der Waals surface area contributed by atoms with Crippen molar-refractivity contribution >= 4 is 29.5 Å². The molecule has 3 atom stereocenters. The first-order valence-electron chi connectivity index (χ1n) is 15.0. The van der Waals surface area contributed by atoms with Crippen molar-refractivity contribution in [2.75, 3.05) is 5.32 Å². The van der Waals surface area contributed by atoms with Crippen LogP contribution in [0.4, 0.5) is 10.5 Å². The molecule has 0 aromatic heterocycles. The zero-order chi connectivity index (χ0) is 32.5. The highest BCUT2D eigenvalue weighted by Crippen LogP contribution is 2.31. The number of hydrogen-bond donors (Lipinski definition) is 3. The summed E-state index contributed by atoms with van der Waals surface area (Å²) in [5, 5.41) is 5.70. The van der Waals surface area contributed by atoms with Gasteiger partial charge in [-0.3, -0.25) is 14.4 Å². The molecule has 4 amide bonds. The number of carbonyl (C=O) groups excluding carboxylic acids is 4. The van der Waals surface area contributed by atoms with Gasteiger partial charge >= 0.3 is 6.09 Å². The van der Waals surface area contributed by atoms with Gasteiger partial charge in [0, 0.05) is 18.2 Å². The Hall–Kier alpha value is -3.88. The van der Waals surface area contributed by atoms with E-state index in [0.29, 0.717) is 23.6 Å². The summed E-state index contributed by atoms with van der Waals surface area (Å²) in [6, 6.07) is 10.6. The number of benzene rings is 2. The molecule has 3 unspecified atom stereocenters. The summed E-state index contributed by atoms with van der Waals surface area (Å²) in [6.45, 7) is 17.1. The van der Waals surface area contributed by atoms with Crippen LogP contribution < -0.4 is 16.4 Å². The summed E-state index contributed by atoms with van der Waals surface area (Å²) >= 11 is 0. The molecule has 2 aromatic rings. The smallest absolute Gasteiger partial charge is 0.408 e. The molecular formula is C34H50N4O5. The van der Waals surface area contributed by atoms with E-state index in [0.717, 1.165) is 23.1 Å². The molecule has 4 N–H and O–H groups in total. The maximum atomic E-state index is 14.6. The van der Waals surface area contributed by atoms with E-state index >= 15 is 0 Å². The lowest BCUT2D eigenvalue weighted by atomic mass is 9.94. The van der Waals surface area contributed by atoms with Gasteiger partial charge in [-0.15, -0.1) is 0 Å². The van der Waals surface area contributed by atoms with Crippen LogP contribution in [-0.2, 0) is 19.1 Å². The van der Waals surface area contributed by atoms with E-state index in [-0.39, 0.29) is 24.8 Å². The molecule has 2 rings (SSSR count). The van der Waals surface area contributed by atoms with E-state index in [1.54, 1.807) is 25.7 Å². The maximum Gasteiger partial charge on any atom is 0.408 e. The van der Waals surface area contributed by atoms with Crippen molar-refractivity contribution in [1.82, 2.24) is 10.2 Å². The Kier molecular flexibility index (Phi) is 12.8. The average molecular weight is 595 g/mol. The van der Waals surface area contributed by atoms with Crippen molar-refractivity contribution in [3.8, 4) is 0 Å². The van der Waals surface area contributed by atoms with Gasteiger partial charge < -0.3 is 26.0 Å². The van der Waals surface area contributed by atoms with Crippen LogP contribution in [0.1, 0.15) is 95.5 Å². The molecule has 0 saturated carbocycles. The molecule has 0 bridgehead atoms. The van der Waals surface area contributed by atoms with E-state index in [2.05, 4.69) is 24.5 Å². The van der Waals surface area contributed by atoms with Crippen LogP contribution >= 0.6 is 0 Å². The average Bonchev–Trinajstić information content (AvgIpc) is 2.89. The van der Waals surface area contributed by atoms with Crippen LogP contribution in [0, 0.1) is 26.7 Å². The fourth-order valence-electron chi connectivity index (χ4n) is 4.77. The van der Waals surface area contributed by atoms with Crippen LogP contribution in [0.5, 0.6) is 0 Å². The van der Waals surface area contributed by atoms with Crippen LogP contribution in [0.3, 0.4) is 0 Å². The Labute approximate surface area is 256 Å². The van der Waals surface area contributed by atoms with Gasteiger partial charge in [-0.05, 0) is 102 Å². The summed E-state index contributed by atoms with van der Waals surface area (Å²) in [4.78, 5) is 55.0. The Morgan fingerprint density at radius 3 is 2.09 bits per heavy atom. The number of primary amides is 1. The fraction of sp³-hybridized carbons (Fsp3) is 0.529. The molecule has 9 heteroatoms. The lowest BCUT2D eigenvalue weighted by Crippen LogP contribution is -2.55. The molecule has 2 aromatic carbocycles. The van der Waals surface area contributed by atoms with Crippen LogP contribution in [0.2, 0.25) is 0 Å². The molecule has 0 heterocycles. The maximum absolute atomic E-state index is 14.6. The first kappa shape index (κ1) is 35.3. The van der Waals surface area contributed by atoms with Gasteiger partial charge in [0.15, 0.2) is 0 Å². The molecule has 0 saturated heterocycles. The van der Waals surface area contributed by atoms with Gasteiger partial charge in [-0.1, -0.05) is 50.2 Å². The minimum Gasteiger partial charge on any atom is -0.444 e. The third-order valence-corrected chi connectivity index (χ3v) is 7.34. The largest absolute Gasteiger partial charge is 0.444 e. The predicted octanol–water partition coefficient (Wildman–Crippen LogP) is 6.10. The number of alkyl carbamates (subject to hydrolysis) is 1. The highest BCUT2D eigenvalue weighted by atomic mass is 16.6. The Bertz CT molecular complexity index is 1280. The van der Waals surface area contributed by atoms with Gasteiger partial charge in [0.2, 0.25) is 11.8 Å². The monoisotopic (exact) mass is 594 g/mol. The minimum atomic E-state index is -1.15. The first-order chi connectivity index (χ1) is 20.0. The molecule has 0 aliphatic heterocycles. The lowest BCUT2D eigenvalue weighted by molar-refractivity contribution is -0.143. The number of nitrogens with zero attached hydrogens (tertiary/aromatic N) is 1. The van der Waals surface area contributed by atoms with E-state index in [9.17, 15) is 19.2 Å². The molecule has 43 heavy (non-hydrogen) atoms. The Balaban J connectivity index is 2.69. The summed E-state index contributed by atoms with van der Waals surface area (Å²) in [6.07, 6.45) is 0.466. The number of nitrogens with two attached hydrogens (primary N) is 1. The van der Waals surface area contributed by atoms with E-state index in [1.807, 2.05) is 70.2 Å². The third-order valence-electron chi connectivity index (χ3n) is 7.34. The number of carbonyl (C=O) groups is 4. The number of ether oxygens (including phenoxy) is 1. The Morgan fingerprint density at radius 2 is 1.53 bits per heavy atom. The molecule has 0 aliphatic carbocycles. The number of nitrogens with one attached hydrogen (secondary N) is 2. The standard InChI is InChI=1S/C34H50N4O5/c1-21(2)14-16-25(6)38(32(41)28(18-19-29(35)39)37-33(42)43-34(7,8)9)30(26-17-15-22(3)24(5)20-26)31(40)36-27-13-11-10-12-23(27)4/h10-13,15,17,20-21,25,28,30H,14,16,18-19H2,1-9H3,(H2,35,39)(H,36,40)(H,37,42). The molecule has 0 fully saturated rings. The molecule has 236 valence electrons. The van der Waals surface area contributed by atoms with E-state index < -0.39 is 35.6 Å². The highest BCUT2D eigenvalue weighted by molar-refractivity contribution is 5.99. The van der Waals surface area contributed by atoms with Crippen molar-refractivity contribution in [1.29, 1.82) is 0 Å². The van der Waals surface area contributed by atoms with E-state index in [1.165, 1.54) is 0 Å². The second-order valence-corrected chi connectivity index (χ2v) is 12.8. The normalized spacial score (nSPS) is 13.5. The zero-order valence-corrected chi connectivity index (χ0v) is 27.2. The molecular weight excluding hydrogens is 544 g/mol. The summed E-state index contributed by atoms with van der Waals surface area (Å²) in [5.41, 5.74) is 8.84. The van der Waals surface area contributed by atoms with Crippen molar-refractivity contribution in [2.45, 2.75) is 112 Å². The Morgan fingerprint density at radius 1 is 0.884 bits per heavy atom. The van der Waals surface area contributed by atoms with Crippen molar-refractivity contribution < 1.29 is 23.9 Å². The van der Waals surface area contributed by atoms with Gasteiger partial charge in [-0.25, -0.2) is 4.79 Å². The number of rotatable bonds is 13.